The second-order valence-electron chi connectivity index (χ2n) is 5.06. The van der Waals surface area contributed by atoms with Crippen molar-refractivity contribution >= 4 is 21.6 Å². The fourth-order valence-electron chi connectivity index (χ4n) is 3.21. The predicted octanol–water partition coefficient (Wildman–Crippen LogP) is 2.97. The second-order valence-corrected chi connectivity index (χ2v) is 5.91. The smallest absolute Gasteiger partial charge is 0.103 e. The Hall–Kier alpha value is -1.05. The van der Waals surface area contributed by atoms with Crippen LogP contribution in [0.4, 0.5) is 5.69 Å². The van der Waals surface area contributed by atoms with Crippen molar-refractivity contribution in [3.63, 3.8) is 0 Å². The van der Waals surface area contributed by atoms with Crippen LogP contribution in [-0.4, -0.2) is 30.1 Å². The molecule has 3 rings (SSSR count). The molecule has 2 aliphatic rings. The molecule has 0 radical (unpaired) electrons. The highest BCUT2D eigenvalue weighted by Crippen LogP contribution is 2.32. The van der Waals surface area contributed by atoms with Gasteiger partial charge in [-0.05, 0) is 53.9 Å². The van der Waals surface area contributed by atoms with Gasteiger partial charge in [-0.3, -0.25) is 4.90 Å². The molecule has 0 spiro atoms. The number of hydrogen-bond donors (Lipinski definition) is 1. The van der Waals surface area contributed by atoms with Gasteiger partial charge in [-0.15, -0.1) is 0 Å². The first-order chi connectivity index (χ1) is 8.79. The van der Waals surface area contributed by atoms with Crippen molar-refractivity contribution in [2.24, 2.45) is 0 Å². The van der Waals surface area contributed by atoms with Gasteiger partial charge < -0.3 is 5.32 Å². The van der Waals surface area contributed by atoms with Gasteiger partial charge in [0.05, 0.1) is 11.3 Å². The molecule has 2 saturated heterocycles. The van der Waals surface area contributed by atoms with E-state index in [-0.39, 0.29) is 0 Å². The maximum atomic E-state index is 9.23. The zero-order valence-electron chi connectivity index (χ0n) is 10.2. The molecule has 0 aromatic heterocycles. The van der Waals surface area contributed by atoms with Gasteiger partial charge in [0.1, 0.15) is 6.07 Å². The molecule has 2 heterocycles. The quantitative estimate of drug-likeness (QED) is 0.913. The third kappa shape index (κ3) is 2.02. The fraction of sp³-hybridized carbons (Fsp3) is 0.500. The standard InChI is InChI=1S/C14H16BrN3/c15-11-3-1-4-12(10(11)9-16)17-13-6-8-18-7-2-5-14(13)18/h1,3-4,13-14,17H,2,5-8H2. The zero-order chi connectivity index (χ0) is 12.5. The normalized spacial score (nSPS) is 26.9. The lowest BCUT2D eigenvalue weighted by Crippen LogP contribution is -2.33. The van der Waals surface area contributed by atoms with E-state index in [1.54, 1.807) is 0 Å². The Morgan fingerprint density at radius 3 is 3.06 bits per heavy atom. The number of hydrogen-bond acceptors (Lipinski definition) is 3. The van der Waals surface area contributed by atoms with Gasteiger partial charge in [0.15, 0.2) is 0 Å². The lowest BCUT2D eigenvalue weighted by Gasteiger charge is -2.22. The summed E-state index contributed by atoms with van der Waals surface area (Å²) in [6, 6.07) is 9.33. The van der Waals surface area contributed by atoms with E-state index in [1.165, 1.54) is 32.4 Å². The van der Waals surface area contributed by atoms with Crippen LogP contribution in [0.5, 0.6) is 0 Å². The molecule has 0 saturated carbocycles. The van der Waals surface area contributed by atoms with Gasteiger partial charge in [0, 0.05) is 23.1 Å². The van der Waals surface area contributed by atoms with Crippen molar-refractivity contribution in [3.8, 4) is 6.07 Å². The first-order valence-corrected chi connectivity index (χ1v) is 7.28. The van der Waals surface area contributed by atoms with Crippen LogP contribution in [0.2, 0.25) is 0 Å². The summed E-state index contributed by atoms with van der Waals surface area (Å²) < 4.78 is 0.872. The van der Waals surface area contributed by atoms with Crippen LogP contribution < -0.4 is 5.32 Å². The van der Waals surface area contributed by atoms with Crippen molar-refractivity contribution in [1.82, 2.24) is 4.90 Å². The highest BCUT2D eigenvalue weighted by atomic mass is 79.9. The molecule has 3 nitrogen and oxygen atoms in total. The van der Waals surface area contributed by atoms with Crippen LogP contribution in [0, 0.1) is 11.3 Å². The Kier molecular flexibility index (Phi) is 3.27. The van der Waals surface area contributed by atoms with Gasteiger partial charge in [0.2, 0.25) is 0 Å². The molecule has 2 fully saturated rings. The third-order valence-corrected chi connectivity index (χ3v) is 4.73. The highest BCUT2D eigenvalue weighted by Gasteiger charge is 2.37. The zero-order valence-corrected chi connectivity index (χ0v) is 11.8. The van der Waals surface area contributed by atoms with Crippen molar-refractivity contribution < 1.29 is 0 Å². The summed E-state index contributed by atoms with van der Waals surface area (Å²) in [6.07, 6.45) is 3.78. The van der Waals surface area contributed by atoms with Gasteiger partial charge in [-0.1, -0.05) is 6.07 Å². The van der Waals surface area contributed by atoms with Crippen molar-refractivity contribution in [2.45, 2.75) is 31.3 Å². The fourth-order valence-corrected chi connectivity index (χ4v) is 3.66. The van der Waals surface area contributed by atoms with Crippen molar-refractivity contribution in [1.29, 1.82) is 5.26 Å². The topological polar surface area (TPSA) is 39.1 Å². The van der Waals surface area contributed by atoms with Crippen LogP contribution in [-0.2, 0) is 0 Å². The van der Waals surface area contributed by atoms with E-state index in [4.69, 9.17) is 0 Å². The summed E-state index contributed by atoms with van der Waals surface area (Å²) in [5, 5.41) is 12.8. The molecule has 94 valence electrons. The van der Waals surface area contributed by atoms with Gasteiger partial charge in [-0.2, -0.15) is 5.26 Å². The first-order valence-electron chi connectivity index (χ1n) is 6.49. The number of rotatable bonds is 2. The van der Waals surface area contributed by atoms with Gasteiger partial charge in [-0.25, -0.2) is 0 Å². The summed E-state index contributed by atoms with van der Waals surface area (Å²) in [5.41, 5.74) is 1.68. The van der Waals surface area contributed by atoms with Crippen LogP contribution >= 0.6 is 15.9 Å². The maximum Gasteiger partial charge on any atom is 0.103 e. The molecular weight excluding hydrogens is 290 g/mol. The Morgan fingerprint density at radius 2 is 2.22 bits per heavy atom. The van der Waals surface area contributed by atoms with Crippen LogP contribution in [0.1, 0.15) is 24.8 Å². The maximum absolute atomic E-state index is 9.23. The second kappa shape index (κ2) is 4.91. The number of halogens is 1. The molecule has 2 unspecified atom stereocenters. The van der Waals surface area contributed by atoms with Crippen LogP contribution in [0.3, 0.4) is 0 Å². The molecule has 0 bridgehead atoms. The average Bonchev–Trinajstić information content (AvgIpc) is 2.94. The summed E-state index contributed by atoms with van der Waals surface area (Å²) in [4.78, 5) is 2.57. The first kappa shape index (κ1) is 12.0. The molecule has 4 heteroatoms. The predicted molar refractivity (Wildman–Crippen MR) is 75.5 cm³/mol. The Morgan fingerprint density at radius 1 is 1.33 bits per heavy atom. The molecule has 1 N–H and O–H groups in total. The molecule has 18 heavy (non-hydrogen) atoms. The Labute approximate surface area is 116 Å². The number of fused-ring (bicyclic) bond motifs is 1. The summed E-state index contributed by atoms with van der Waals surface area (Å²) in [6.45, 7) is 2.44. The van der Waals surface area contributed by atoms with E-state index >= 15 is 0 Å². The molecule has 2 atom stereocenters. The minimum Gasteiger partial charge on any atom is -0.380 e. The number of benzene rings is 1. The summed E-state index contributed by atoms with van der Waals surface area (Å²) >= 11 is 3.44. The monoisotopic (exact) mass is 305 g/mol. The van der Waals surface area contributed by atoms with Crippen LogP contribution in [0.15, 0.2) is 22.7 Å². The SMILES string of the molecule is N#Cc1c(Br)cccc1NC1CCN2CCCC12. The minimum atomic E-state index is 0.494. The third-order valence-electron chi connectivity index (χ3n) is 4.07. The van der Waals surface area contributed by atoms with Crippen molar-refractivity contribution in [3.05, 3.63) is 28.2 Å². The molecular formula is C14H16BrN3. The van der Waals surface area contributed by atoms with Gasteiger partial charge >= 0.3 is 0 Å². The number of nitrogens with zero attached hydrogens (tertiary/aromatic N) is 2. The Bertz CT molecular complexity index is 494. The lowest BCUT2D eigenvalue weighted by atomic mass is 10.1. The minimum absolute atomic E-state index is 0.494. The van der Waals surface area contributed by atoms with E-state index < -0.39 is 0 Å². The molecule has 1 aromatic rings. The molecule has 0 aliphatic carbocycles. The summed E-state index contributed by atoms with van der Waals surface area (Å²) in [7, 11) is 0. The van der Waals surface area contributed by atoms with Gasteiger partial charge in [0.25, 0.3) is 0 Å². The Balaban J connectivity index is 1.81. The largest absolute Gasteiger partial charge is 0.380 e. The summed E-state index contributed by atoms with van der Waals surface area (Å²) in [5.74, 6) is 0. The van der Waals surface area contributed by atoms with E-state index in [1.807, 2.05) is 18.2 Å². The van der Waals surface area contributed by atoms with E-state index in [0.717, 1.165) is 10.2 Å². The van der Waals surface area contributed by atoms with E-state index in [9.17, 15) is 5.26 Å². The van der Waals surface area contributed by atoms with E-state index in [0.29, 0.717) is 17.6 Å². The number of anilines is 1. The van der Waals surface area contributed by atoms with Crippen LogP contribution in [0.25, 0.3) is 0 Å². The highest BCUT2D eigenvalue weighted by molar-refractivity contribution is 9.10. The lowest BCUT2D eigenvalue weighted by molar-refractivity contribution is 0.318. The van der Waals surface area contributed by atoms with E-state index in [2.05, 4.69) is 32.2 Å². The number of nitriles is 1. The average molecular weight is 306 g/mol. The molecule has 0 amide bonds. The number of nitrogens with one attached hydrogen (secondary N) is 1. The molecule has 1 aromatic carbocycles. The molecule has 2 aliphatic heterocycles. The van der Waals surface area contributed by atoms with Crippen molar-refractivity contribution in [2.75, 3.05) is 18.4 Å².